The maximum absolute atomic E-state index is 14.2. The summed E-state index contributed by atoms with van der Waals surface area (Å²) >= 11 is 0. The first-order valence-corrected chi connectivity index (χ1v) is 8.90. The van der Waals surface area contributed by atoms with E-state index in [1.165, 1.54) is 0 Å². The van der Waals surface area contributed by atoms with Crippen LogP contribution in [0.4, 0.5) is 42.1 Å². The van der Waals surface area contributed by atoms with Crippen molar-refractivity contribution in [2.45, 2.75) is 13.6 Å². The maximum Gasteiger partial charge on any atom is 0.341 e. The number of carbonyl (C=O) groups excluding carboxylic acids is 2. The van der Waals surface area contributed by atoms with Crippen molar-refractivity contribution in [3.63, 3.8) is 0 Å². The minimum Gasteiger partial charge on any atom is -0.458 e. The van der Waals surface area contributed by atoms with Crippen LogP contribution in [0.3, 0.4) is 0 Å². The number of ether oxygens (including phenoxy) is 2. The molecular weight excluding hydrogens is 497 g/mol. The zero-order chi connectivity index (χ0) is 26.4. The molecule has 0 bridgehead atoms. The molecule has 0 spiro atoms. The number of halogens is 7. The molecule has 0 N–H and O–H groups in total. The Kier molecular flexibility index (Phi) is 8.48. The number of hydrogen-bond donors (Lipinski definition) is 0. The second-order valence-corrected chi connectivity index (χ2v) is 6.22. The number of alkyl halides is 1. The van der Waals surface area contributed by atoms with Gasteiger partial charge < -0.3 is 9.47 Å². The molecule has 0 aliphatic carbocycles. The predicted octanol–water partition coefficient (Wildman–Crippen LogP) is 6.20. The minimum absolute atomic E-state index is 0.783. The molecule has 0 aromatic heterocycles. The van der Waals surface area contributed by atoms with Gasteiger partial charge in [0, 0.05) is 21.0 Å². The average Bonchev–Trinajstić information content (AvgIpc) is 2.83. The molecule has 0 amide bonds. The summed E-state index contributed by atoms with van der Waals surface area (Å²) < 4.78 is 106. The summed E-state index contributed by atoms with van der Waals surface area (Å²) in [5.41, 5.74) is 8.87. The lowest BCUT2D eigenvalue weighted by atomic mass is 10.1. The number of azide groups is 2. The molecule has 0 aliphatic heterocycles. The summed E-state index contributed by atoms with van der Waals surface area (Å²) in [4.78, 5) is 28.2. The van der Waals surface area contributed by atoms with Crippen LogP contribution >= 0.6 is 0 Å². The van der Waals surface area contributed by atoms with Crippen LogP contribution in [0.2, 0.25) is 0 Å². The highest BCUT2D eigenvalue weighted by molar-refractivity contribution is 5.93. The molecule has 10 nitrogen and oxygen atoms in total. The van der Waals surface area contributed by atoms with Crippen LogP contribution in [0.5, 0.6) is 0 Å². The van der Waals surface area contributed by atoms with E-state index in [0.29, 0.717) is 0 Å². The molecule has 0 unspecified atom stereocenters. The monoisotopic (exact) mass is 506 g/mol. The van der Waals surface area contributed by atoms with Crippen LogP contribution in [0.1, 0.15) is 31.8 Å². The van der Waals surface area contributed by atoms with Gasteiger partial charge in [-0.1, -0.05) is 10.2 Å². The lowest BCUT2D eigenvalue weighted by Gasteiger charge is -2.13. The molecule has 35 heavy (non-hydrogen) atoms. The van der Waals surface area contributed by atoms with Crippen molar-refractivity contribution in [1.82, 2.24) is 0 Å². The van der Waals surface area contributed by atoms with Gasteiger partial charge in [-0.05, 0) is 18.0 Å². The van der Waals surface area contributed by atoms with Crippen molar-refractivity contribution >= 4 is 23.3 Å². The van der Waals surface area contributed by atoms with Crippen molar-refractivity contribution in [3.8, 4) is 0 Å². The van der Waals surface area contributed by atoms with Gasteiger partial charge in [-0.2, -0.15) is 0 Å². The average molecular weight is 506 g/mol. The lowest BCUT2D eigenvalue weighted by molar-refractivity contribution is 0.0256. The number of hydrogen-bond acceptors (Lipinski definition) is 6. The first-order valence-electron chi connectivity index (χ1n) is 8.90. The third-order valence-corrected chi connectivity index (χ3v) is 4.31. The molecule has 2 aromatic rings. The topological polar surface area (TPSA) is 150 Å². The van der Waals surface area contributed by atoms with Crippen LogP contribution in [0.15, 0.2) is 10.2 Å². The van der Waals surface area contributed by atoms with E-state index < -0.39 is 100 Å². The summed E-state index contributed by atoms with van der Waals surface area (Å²) in [6.45, 7) is -2.88. The van der Waals surface area contributed by atoms with Gasteiger partial charge in [-0.3, -0.25) is 0 Å². The Hall–Kier alpha value is -4.49. The Balaban J connectivity index is 2.19. The van der Waals surface area contributed by atoms with Crippen molar-refractivity contribution in [3.05, 3.63) is 78.0 Å². The molecule has 17 heteroatoms. The molecule has 0 radical (unpaired) electrons. The summed E-state index contributed by atoms with van der Waals surface area (Å²) in [5.74, 6) is -14.9. The van der Waals surface area contributed by atoms with Gasteiger partial charge in [-0.15, -0.1) is 0 Å². The molecule has 2 rings (SSSR count). The van der Waals surface area contributed by atoms with Crippen LogP contribution in [-0.4, -0.2) is 25.2 Å². The molecule has 0 atom stereocenters. The van der Waals surface area contributed by atoms with Gasteiger partial charge in [-0.25, -0.2) is 40.3 Å². The van der Waals surface area contributed by atoms with Crippen molar-refractivity contribution < 1.29 is 49.8 Å². The van der Waals surface area contributed by atoms with Crippen molar-refractivity contribution in [2.75, 3.05) is 13.2 Å². The standard InChI is InChI=1S/C18H9F7N6O4/c1-5-7(11(22)13(24)15(9(5)20)28-30-26)17(32)34-2-3-35-18(33)8-6(4-19)10(21)16(29-31-27)14(25)12(8)23/h2-4H2,1H3. The molecule has 0 aliphatic rings. The highest BCUT2D eigenvalue weighted by Crippen LogP contribution is 2.33. The predicted molar refractivity (Wildman–Crippen MR) is 100 cm³/mol. The summed E-state index contributed by atoms with van der Waals surface area (Å²) in [6, 6.07) is 0. The van der Waals surface area contributed by atoms with E-state index in [0.717, 1.165) is 6.92 Å². The zero-order valence-electron chi connectivity index (χ0n) is 17.1. The Bertz CT molecular complexity index is 1290. The Morgan fingerprint density at radius 3 is 1.63 bits per heavy atom. The van der Waals surface area contributed by atoms with Crippen LogP contribution in [-0.2, 0) is 16.1 Å². The van der Waals surface area contributed by atoms with Crippen molar-refractivity contribution in [1.29, 1.82) is 0 Å². The molecule has 0 saturated heterocycles. The van der Waals surface area contributed by atoms with E-state index in [4.69, 9.17) is 11.1 Å². The Morgan fingerprint density at radius 2 is 1.17 bits per heavy atom. The van der Waals surface area contributed by atoms with Gasteiger partial charge in [0.25, 0.3) is 0 Å². The smallest absolute Gasteiger partial charge is 0.341 e. The number of esters is 2. The number of nitrogens with zero attached hydrogens (tertiary/aromatic N) is 6. The number of carbonyl (C=O) groups is 2. The van der Waals surface area contributed by atoms with E-state index >= 15 is 0 Å². The zero-order valence-corrected chi connectivity index (χ0v) is 17.1. The van der Waals surface area contributed by atoms with Crippen LogP contribution < -0.4 is 0 Å². The normalized spacial score (nSPS) is 10.3. The van der Waals surface area contributed by atoms with Gasteiger partial charge in [0.05, 0.1) is 0 Å². The fourth-order valence-corrected chi connectivity index (χ4v) is 2.72. The Morgan fingerprint density at radius 1 is 0.743 bits per heavy atom. The molecule has 0 fully saturated rings. The fraction of sp³-hybridized carbons (Fsp3) is 0.222. The van der Waals surface area contributed by atoms with E-state index in [-0.39, 0.29) is 0 Å². The highest BCUT2D eigenvalue weighted by Gasteiger charge is 2.30. The van der Waals surface area contributed by atoms with Crippen molar-refractivity contribution in [2.24, 2.45) is 10.2 Å². The Labute approximate surface area is 189 Å². The van der Waals surface area contributed by atoms with Gasteiger partial charge >= 0.3 is 11.9 Å². The molecule has 0 heterocycles. The van der Waals surface area contributed by atoms with E-state index in [1.54, 1.807) is 0 Å². The van der Waals surface area contributed by atoms with E-state index in [2.05, 4.69) is 29.5 Å². The van der Waals surface area contributed by atoms with Gasteiger partial charge in [0.2, 0.25) is 0 Å². The second-order valence-electron chi connectivity index (χ2n) is 6.22. The maximum atomic E-state index is 14.2. The summed E-state index contributed by atoms with van der Waals surface area (Å²) in [6.07, 6.45) is 0. The lowest BCUT2D eigenvalue weighted by Crippen LogP contribution is -2.19. The molecular formula is C18H9F7N6O4. The van der Waals surface area contributed by atoms with Crippen LogP contribution in [0, 0.1) is 41.8 Å². The summed E-state index contributed by atoms with van der Waals surface area (Å²) in [5, 5.41) is 5.20. The van der Waals surface area contributed by atoms with E-state index in [1.807, 2.05) is 0 Å². The summed E-state index contributed by atoms with van der Waals surface area (Å²) in [7, 11) is 0. The third kappa shape index (κ3) is 5.05. The highest BCUT2D eigenvalue weighted by atomic mass is 19.2. The number of rotatable bonds is 8. The largest absolute Gasteiger partial charge is 0.458 e. The van der Waals surface area contributed by atoms with E-state index in [9.17, 15) is 40.3 Å². The van der Waals surface area contributed by atoms with Crippen LogP contribution in [0.25, 0.3) is 20.9 Å². The van der Waals surface area contributed by atoms with Gasteiger partial charge in [0.15, 0.2) is 23.3 Å². The number of benzene rings is 2. The third-order valence-electron chi connectivity index (χ3n) is 4.31. The SMILES string of the molecule is Cc1c(F)c(N=[N+]=[N-])c(F)c(F)c1C(=O)OCCOC(=O)c1c(F)c(F)c(N=[N+]=[N-])c(F)c1CF. The molecule has 0 saturated carbocycles. The molecule has 184 valence electrons. The minimum atomic E-state index is -2.10. The first kappa shape index (κ1) is 26.8. The quantitative estimate of drug-likeness (QED) is 0.0797. The van der Waals surface area contributed by atoms with Gasteiger partial charge in [0.1, 0.15) is 54.0 Å². The molecule has 2 aromatic carbocycles. The fourth-order valence-electron chi connectivity index (χ4n) is 2.72. The second kappa shape index (κ2) is 11.1. The first-order chi connectivity index (χ1) is 16.5.